The van der Waals surface area contributed by atoms with Gasteiger partial charge in [-0.1, -0.05) is 24.3 Å². The van der Waals surface area contributed by atoms with Crippen LogP contribution >= 0.6 is 11.6 Å². The summed E-state index contributed by atoms with van der Waals surface area (Å²) >= 11 is 5.50. The van der Waals surface area contributed by atoms with Crippen molar-refractivity contribution in [3.05, 3.63) is 47.8 Å². The molecular weight excluding hydrogens is 241 g/mol. The molecule has 0 fully saturated rings. The van der Waals surface area contributed by atoms with E-state index in [-0.39, 0.29) is 11.7 Å². The van der Waals surface area contributed by atoms with Crippen LogP contribution < -0.4 is 5.32 Å². The fraction of sp³-hybridized carbons (Fsp3) is 0.154. The first-order valence-corrected chi connectivity index (χ1v) is 5.79. The Hall–Kier alpha value is -1.61. The van der Waals surface area contributed by atoms with Gasteiger partial charge in [0.15, 0.2) is 0 Å². The molecule has 2 rings (SSSR count). The molecule has 0 spiro atoms. The van der Waals surface area contributed by atoms with Crippen molar-refractivity contribution in [3.8, 4) is 0 Å². The minimum atomic E-state index is -0.325. The molecule has 1 N–H and O–H groups in total. The molecule has 2 aromatic carbocycles. The minimum Gasteiger partial charge on any atom is -0.351 e. The second-order valence-electron chi connectivity index (χ2n) is 3.59. The summed E-state index contributed by atoms with van der Waals surface area (Å²) in [5.74, 6) is -0.207. The number of hydrogen-bond acceptors (Lipinski definition) is 1. The number of benzene rings is 2. The third kappa shape index (κ3) is 2.39. The molecule has 0 aromatic heterocycles. The molecule has 4 heteroatoms. The number of amides is 1. The predicted molar refractivity (Wildman–Crippen MR) is 67.0 cm³/mol. The molecule has 0 aliphatic carbocycles. The van der Waals surface area contributed by atoms with E-state index in [0.29, 0.717) is 28.8 Å². The highest BCUT2D eigenvalue weighted by atomic mass is 35.5. The molecule has 2 aromatic rings. The molecule has 0 aliphatic heterocycles. The van der Waals surface area contributed by atoms with E-state index in [2.05, 4.69) is 5.32 Å². The molecule has 0 atom stereocenters. The van der Waals surface area contributed by atoms with Crippen molar-refractivity contribution >= 4 is 28.3 Å². The number of carbonyl (C=O) groups excluding carboxylic acids is 1. The van der Waals surface area contributed by atoms with Gasteiger partial charge in [0, 0.05) is 23.4 Å². The Morgan fingerprint density at radius 3 is 2.59 bits per heavy atom. The van der Waals surface area contributed by atoms with Gasteiger partial charge in [-0.05, 0) is 17.5 Å². The van der Waals surface area contributed by atoms with E-state index in [1.54, 1.807) is 24.3 Å². The number of fused-ring (bicyclic) bond motifs is 1. The molecule has 88 valence electrons. The Balaban J connectivity index is 2.48. The number of carbonyl (C=O) groups is 1. The van der Waals surface area contributed by atoms with Gasteiger partial charge >= 0.3 is 0 Å². The highest BCUT2D eigenvalue weighted by Crippen LogP contribution is 2.21. The molecule has 0 bridgehead atoms. The summed E-state index contributed by atoms with van der Waals surface area (Å²) in [5.41, 5.74) is 0.465. The van der Waals surface area contributed by atoms with Crippen molar-refractivity contribution in [3.63, 3.8) is 0 Å². The van der Waals surface area contributed by atoms with Crippen LogP contribution in [0.2, 0.25) is 0 Å². The van der Waals surface area contributed by atoms with Gasteiger partial charge in [-0.15, -0.1) is 11.6 Å². The van der Waals surface area contributed by atoms with Gasteiger partial charge in [-0.2, -0.15) is 0 Å². The van der Waals surface area contributed by atoms with Gasteiger partial charge in [0.1, 0.15) is 5.82 Å². The van der Waals surface area contributed by atoms with E-state index < -0.39 is 0 Å². The van der Waals surface area contributed by atoms with Crippen LogP contribution in [0.5, 0.6) is 0 Å². The highest BCUT2D eigenvalue weighted by Gasteiger charge is 2.11. The van der Waals surface area contributed by atoms with Crippen LogP contribution in [0.25, 0.3) is 10.8 Å². The van der Waals surface area contributed by atoms with Crippen LogP contribution in [-0.4, -0.2) is 18.3 Å². The van der Waals surface area contributed by atoms with E-state index in [9.17, 15) is 9.18 Å². The summed E-state index contributed by atoms with van der Waals surface area (Å²) in [4.78, 5) is 11.8. The zero-order valence-corrected chi connectivity index (χ0v) is 9.80. The quantitative estimate of drug-likeness (QED) is 0.835. The van der Waals surface area contributed by atoms with Crippen molar-refractivity contribution in [2.45, 2.75) is 0 Å². The summed E-state index contributed by atoms with van der Waals surface area (Å²) in [5, 5.41) is 3.73. The summed E-state index contributed by atoms with van der Waals surface area (Å²) in [6.07, 6.45) is 0. The number of rotatable bonds is 3. The van der Waals surface area contributed by atoms with Gasteiger partial charge in [0.05, 0.1) is 0 Å². The molecule has 2 nitrogen and oxygen atoms in total. The van der Waals surface area contributed by atoms with Crippen LogP contribution in [0.4, 0.5) is 4.39 Å². The third-order valence-corrected chi connectivity index (χ3v) is 2.68. The van der Waals surface area contributed by atoms with Gasteiger partial charge in [-0.3, -0.25) is 4.79 Å². The lowest BCUT2D eigenvalue weighted by Crippen LogP contribution is -2.25. The van der Waals surface area contributed by atoms with Gasteiger partial charge < -0.3 is 5.32 Å². The summed E-state index contributed by atoms with van der Waals surface area (Å²) in [6, 6.07) is 9.70. The predicted octanol–water partition coefficient (Wildman–Crippen LogP) is 2.95. The fourth-order valence-electron chi connectivity index (χ4n) is 1.72. The molecule has 0 radical (unpaired) electrons. The topological polar surface area (TPSA) is 29.1 Å². The molecule has 0 saturated heterocycles. The average molecular weight is 252 g/mol. The number of nitrogens with one attached hydrogen (secondary N) is 1. The highest BCUT2D eigenvalue weighted by molar-refractivity contribution is 6.18. The molecule has 0 heterocycles. The van der Waals surface area contributed by atoms with Gasteiger partial charge in [-0.25, -0.2) is 4.39 Å². The second kappa shape index (κ2) is 5.15. The monoisotopic (exact) mass is 251 g/mol. The summed E-state index contributed by atoms with van der Waals surface area (Å²) in [6.45, 7) is 0.395. The SMILES string of the molecule is O=C(NCCCl)c1ccc(F)c2ccccc12. The normalized spacial score (nSPS) is 10.5. The minimum absolute atomic E-state index is 0.234. The maximum Gasteiger partial charge on any atom is 0.251 e. The molecule has 0 aliphatic rings. The van der Waals surface area contributed by atoms with E-state index >= 15 is 0 Å². The Labute approximate surface area is 103 Å². The van der Waals surface area contributed by atoms with Crippen molar-refractivity contribution in [2.24, 2.45) is 0 Å². The van der Waals surface area contributed by atoms with Crippen LogP contribution in [0, 0.1) is 5.82 Å². The molecule has 0 saturated carbocycles. The van der Waals surface area contributed by atoms with Crippen LogP contribution in [-0.2, 0) is 0 Å². The fourth-order valence-corrected chi connectivity index (χ4v) is 1.81. The van der Waals surface area contributed by atoms with Crippen LogP contribution in [0.1, 0.15) is 10.4 Å². The lowest BCUT2D eigenvalue weighted by molar-refractivity contribution is 0.0957. The van der Waals surface area contributed by atoms with Crippen molar-refractivity contribution < 1.29 is 9.18 Å². The molecule has 0 unspecified atom stereocenters. The van der Waals surface area contributed by atoms with E-state index in [4.69, 9.17) is 11.6 Å². The largest absolute Gasteiger partial charge is 0.351 e. The lowest BCUT2D eigenvalue weighted by atomic mass is 10.0. The Kier molecular flexibility index (Phi) is 3.59. The third-order valence-electron chi connectivity index (χ3n) is 2.50. The zero-order chi connectivity index (χ0) is 12.3. The number of alkyl halides is 1. The van der Waals surface area contributed by atoms with Crippen molar-refractivity contribution in [1.29, 1.82) is 0 Å². The number of halogens is 2. The average Bonchev–Trinajstić information content (AvgIpc) is 2.37. The Bertz CT molecular complexity index is 556. The van der Waals surface area contributed by atoms with E-state index in [0.717, 1.165) is 0 Å². The van der Waals surface area contributed by atoms with E-state index in [1.807, 2.05) is 0 Å². The molecular formula is C13H11ClFNO. The molecule has 1 amide bonds. The first-order valence-electron chi connectivity index (χ1n) is 5.25. The van der Waals surface area contributed by atoms with Crippen molar-refractivity contribution in [1.82, 2.24) is 5.32 Å². The molecule has 17 heavy (non-hydrogen) atoms. The van der Waals surface area contributed by atoms with Crippen molar-refractivity contribution in [2.75, 3.05) is 12.4 Å². The summed E-state index contributed by atoms with van der Waals surface area (Å²) in [7, 11) is 0. The number of hydrogen-bond donors (Lipinski definition) is 1. The van der Waals surface area contributed by atoms with Gasteiger partial charge in [0.25, 0.3) is 5.91 Å². The maximum absolute atomic E-state index is 13.5. The first-order chi connectivity index (χ1) is 8.24. The Morgan fingerprint density at radius 2 is 1.88 bits per heavy atom. The van der Waals surface area contributed by atoms with E-state index in [1.165, 1.54) is 12.1 Å². The zero-order valence-electron chi connectivity index (χ0n) is 9.04. The smallest absolute Gasteiger partial charge is 0.251 e. The van der Waals surface area contributed by atoms with Crippen LogP contribution in [0.15, 0.2) is 36.4 Å². The standard InChI is InChI=1S/C13H11ClFNO/c14-7-8-16-13(17)11-5-6-12(15)10-4-2-1-3-9(10)11/h1-6H,7-8H2,(H,16,17). The first kappa shape index (κ1) is 11.9. The summed E-state index contributed by atoms with van der Waals surface area (Å²) < 4.78 is 13.5. The second-order valence-corrected chi connectivity index (χ2v) is 3.96. The lowest BCUT2D eigenvalue weighted by Gasteiger charge is -2.07. The Morgan fingerprint density at radius 1 is 1.18 bits per heavy atom. The van der Waals surface area contributed by atoms with Gasteiger partial charge in [0.2, 0.25) is 0 Å². The maximum atomic E-state index is 13.5. The van der Waals surface area contributed by atoms with Crippen LogP contribution in [0.3, 0.4) is 0 Å².